The Morgan fingerprint density at radius 3 is 1.20 bits per heavy atom. The summed E-state index contributed by atoms with van der Waals surface area (Å²) in [4.78, 5) is 13.1. The summed E-state index contributed by atoms with van der Waals surface area (Å²) in [5.41, 5.74) is 0. The summed E-state index contributed by atoms with van der Waals surface area (Å²) in [6, 6.07) is -0.824. The van der Waals surface area contributed by atoms with Crippen molar-refractivity contribution >= 4 is 5.91 Å². The van der Waals surface area contributed by atoms with Gasteiger partial charge in [-0.2, -0.15) is 0 Å². The average molecular weight is 1120 g/mol. The topological polar surface area (TPSA) is 149 Å². The third kappa shape index (κ3) is 47.8. The molecule has 6 N–H and O–H groups in total. The molecule has 1 rings (SSSR count). The maximum atomic E-state index is 13.1. The lowest BCUT2D eigenvalue weighted by molar-refractivity contribution is -0.302. The van der Waals surface area contributed by atoms with Crippen LogP contribution in [0.5, 0.6) is 0 Å². The number of ether oxygens (including phenoxy) is 2. The molecule has 1 amide bonds. The highest BCUT2D eigenvalue weighted by molar-refractivity contribution is 5.76. The first-order valence-electron chi connectivity index (χ1n) is 33.8. The van der Waals surface area contributed by atoms with Crippen molar-refractivity contribution in [3.05, 3.63) is 85.1 Å². The van der Waals surface area contributed by atoms with Crippen LogP contribution in [0.25, 0.3) is 0 Å². The zero-order valence-electron chi connectivity index (χ0n) is 51.8. The summed E-state index contributed by atoms with van der Waals surface area (Å²) >= 11 is 0. The Kier molecular flexibility index (Phi) is 56.1. The van der Waals surface area contributed by atoms with E-state index >= 15 is 0 Å². The predicted octanol–water partition coefficient (Wildman–Crippen LogP) is 18.1. The van der Waals surface area contributed by atoms with Crippen LogP contribution in [0, 0.1) is 0 Å². The van der Waals surface area contributed by atoms with Gasteiger partial charge in [-0.1, -0.05) is 304 Å². The summed E-state index contributed by atoms with van der Waals surface area (Å²) in [5, 5.41) is 54.6. The SMILES string of the molecule is CC/C=C\C/C=C\C/C=C\C/C=C\C/C=C\CCCCCCCCCCCCCCCCCCCCCCCC(=O)NC(COC1OC(CO)C(O)C(O)C1O)C(O)/C=C/CC/C=C/CCCCCCCCCCCCCCCC. The van der Waals surface area contributed by atoms with Crippen LogP contribution in [0.3, 0.4) is 0 Å². The van der Waals surface area contributed by atoms with Crippen LogP contribution in [-0.4, -0.2) is 87.5 Å². The fourth-order valence-electron chi connectivity index (χ4n) is 10.4. The number of aliphatic hydroxyl groups excluding tert-OH is 5. The zero-order valence-corrected chi connectivity index (χ0v) is 51.8. The number of carbonyl (C=O) groups excluding carboxylic acids is 1. The van der Waals surface area contributed by atoms with Crippen molar-refractivity contribution in [2.75, 3.05) is 13.2 Å². The fraction of sp³-hybridized carbons (Fsp3) is 0.789. The largest absolute Gasteiger partial charge is 0.394 e. The van der Waals surface area contributed by atoms with Crippen LogP contribution in [0.2, 0.25) is 0 Å². The van der Waals surface area contributed by atoms with Gasteiger partial charge in [-0.25, -0.2) is 0 Å². The number of unbranched alkanes of at least 4 members (excludes halogenated alkanes) is 36. The van der Waals surface area contributed by atoms with Gasteiger partial charge in [0, 0.05) is 6.42 Å². The van der Waals surface area contributed by atoms with Gasteiger partial charge >= 0.3 is 0 Å². The minimum Gasteiger partial charge on any atom is -0.394 e. The summed E-state index contributed by atoms with van der Waals surface area (Å²) in [7, 11) is 0. The molecule has 7 atom stereocenters. The second-order valence-electron chi connectivity index (χ2n) is 23.2. The van der Waals surface area contributed by atoms with Crippen molar-refractivity contribution < 1.29 is 39.8 Å². The van der Waals surface area contributed by atoms with Gasteiger partial charge in [0.2, 0.25) is 5.91 Å². The molecular formula is C71H127NO8. The Hall–Kier alpha value is -2.63. The monoisotopic (exact) mass is 1120 g/mol. The van der Waals surface area contributed by atoms with Crippen molar-refractivity contribution in [2.24, 2.45) is 0 Å². The second kappa shape index (κ2) is 59.5. The Morgan fingerprint density at radius 2 is 0.787 bits per heavy atom. The first kappa shape index (κ1) is 75.4. The standard InChI is InChI=1S/C71H127NO8/c1-3-5-7-9-11-13-15-17-19-21-23-25-26-27-28-29-30-31-32-33-34-35-36-37-38-39-40-41-43-45-47-49-51-53-55-57-59-61-67(75)72-64(63-79-71-70(78)69(77)68(76)66(62-73)80-71)65(74)60-58-56-54-52-50-48-46-44-42-24-22-20-18-16-14-12-10-8-6-4-2/h5,7,11,13,17,19,23,25,27-28,50,52,58,60,64-66,68-71,73-74,76-78H,3-4,6,8-10,12,14-16,18,20-22,24,26,29-49,51,53-57,59,61-63H2,1-2H3,(H,72,75)/b7-5-,13-11-,19-17-,25-23-,28-27-,52-50+,60-58+. The average Bonchev–Trinajstić information content (AvgIpc) is 3.46. The molecule has 0 bridgehead atoms. The number of aliphatic hydroxyl groups is 5. The number of hydrogen-bond acceptors (Lipinski definition) is 8. The van der Waals surface area contributed by atoms with E-state index in [1.165, 1.54) is 212 Å². The molecule has 1 aliphatic rings. The Balaban J connectivity index is 2.11. The lowest BCUT2D eigenvalue weighted by Gasteiger charge is -2.40. The van der Waals surface area contributed by atoms with Gasteiger partial charge in [-0.15, -0.1) is 0 Å². The Bertz CT molecular complexity index is 1540. The predicted molar refractivity (Wildman–Crippen MR) is 341 cm³/mol. The van der Waals surface area contributed by atoms with E-state index in [0.29, 0.717) is 6.42 Å². The Labute approximate surface area is 492 Å². The molecule has 0 aromatic heterocycles. The fourth-order valence-corrected chi connectivity index (χ4v) is 10.4. The summed E-state index contributed by atoms with van der Waals surface area (Å²) < 4.78 is 11.3. The summed E-state index contributed by atoms with van der Waals surface area (Å²) in [6.45, 7) is 3.68. The summed E-state index contributed by atoms with van der Waals surface area (Å²) in [6.07, 6.45) is 78.3. The highest BCUT2D eigenvalue weighted by Crippen LogP contribution is 2.23. The number of nitrogens with one attached hydrogen (secondary N) is 1. The molecule has 0 saturated carbocycles. The van der Waals surface area contributed by atoms with Gasteiger partial charge in [0.25, 0.3) is 0 Å². The third-order valence-electron chi connectivity index (χ3n) is 15.7. The number of carbonyl (C=O) groups is 1. The van der Waals surface area contributed by atoms with E-state index in [1.807, 2.05) is 6.08 Å². The maximum absolute atomic E-state index is 13.1. The van der Waals surface area contributed by atoms with Crippen molar-refractivity contribution in [2.45, 2.75) is 346 Å². The quantitative estimate of drug-likeness (QED) is 0.0261. The van der Waals surface area contributed by atoms with E-state index in [4.69, 9.17) is 9.47 Å². The van der Waals surface area contributed by atoms with Crippen LogP contribution in [0.15, 0.2) is 85.1 Å². The van der Waals surface area contributed by atoms with Crippen molar-refractivity contribution in [3.8, 4) is 0 Å². The molecule has 1 fully saturated rings. The normalized spacial score (nSPS) is 19.0. The van der Waals surface area contributed by atoms with E-state index in [1.54, 1.807) is 6.08 Å². The molecule has 1 heterocycles. The molecule has 80 heavy (non-hydrogen) atoms. The van der Waals surface area contributed by atoms with Gasteiger partial charge in [-0.3, -0.25) is 4.79 Å². The molecule has 0 aromatic rings. The molecule has 0 aromatic carbocycles. The first-order valence-corrected chi connectivity index (χ1v) is 33.8. The van der Waals surface area contributed by atoms with Gasteiger partial charge in [-0.05, 0) is 77.0 Å². The number of rotatable bonds is 58. The zero-order chi connectivity index (χ0) is 57.9. The maximum Gasteiger partial charge on any atom is 0.220 e. The van der Waals surface area contributed by atoms with Crippen LogP contribution in [-0.2, 0) is 14.3 Å². The van der Waals surface area contributed by atoms with Crippen molar-refractivity contribution in [1.82, 2.24) is 5.32 Å². The van der Waals surface area contributed by atoms with Gasteiger partial charge in [0.05, 0.1) is 25.4 Å². The molecular weight excluding hydrogens is 995 g/mol. The molecule has 1 saturated heterocycles. The van der Waals surface area contributed by atoms with Crippen LogP contribution < -0.4 is 5.32 Å². The smallest absolute Gasteiger partial charge is 0.220 e. The van der Waals surface area contributed by atoms with Gasteiger partial charge < -0.3 is 40.3 Å². The molecule has 1 aliphatic heterocycles. The number of hydrogen-bond donors (Lipinski definition) is 6. The van der Waals surface area contributed by atoms with Crippen LogP contribution in [0.4, 0.5) is 0 Å². The van der Waals surface area contributed by atoms with E-state index in [-0.39, 0.29) is 12.5 Å². The molecule has 9 heteroatoms. The minimum atomic E-state index is -1.57. The molecule has 7 unspecified atom stereocenters. The van der Waals surface area contributed by atoms with E-state index in [9.17, 15) is 30.3 Å². The Morgan fingerprint density at radius 1 is 0.438 bits per heavy atom. The molecule has 464 valence electrons. The lowest BCUT2D eigenvalue weighted by Crippen LogP contribution is -2.60. The summed E-state index contributed by atoms with van der Waals surface area (Å²) in [5.74, 6) is -0.183. The highest BCUT2D eigenvalue weighted by Gasteiger charge is 2.44. The van der Waals surface area contributed by atoms with Gasteiger partial charge in [0.15, 0.2) is 6.29 Å². The van der Waals surface area contributed by atoms with E-state index in [0.717, 1.165) is 70.6 Å². The van der Waals surface area contributed by atoms with E-state index in [2.05, 4.69) is 92.1 Å². The number of allylic oxidation sites excluding steroid dienone is 13. The van der Waals surface area contributed by atoms with Crippen LogP contribution in [0.1, 0.15) is 303 Å². The highest BCUT2D eigenvalue weighted by atomic mass is 16.7. The lowest BCUT2D eigenvalue weighted by atomic mass is 9.99. The molecule has 0 radical (unpaired) electrons. The number of amides is 1. The molecule has 9 nitrogen and oxygen atoms in total. The first-order chi connectivity index (χ1) is 39.3. The molecule has 0 spiro atoms. The van der Waals surface area contributed by atoms with Crippen molar-refractivity contribution in [1.29, 1.82) is 0 Å². The van der Waals surface area contributed by atoms with Gasteiger partial charge in [0.1, 0.15) is 24.4 Å². The van der Waals surface area contributed by atoms with Crippen molar-refractivity contribution in [3.63, 3.8) is 0 Å². The van der Waals surface area contributed by atoms with Crippen LogP contribution >= 0.6 is 0 Å². The molecule has 0 aliphatic carbocycles. The third-order valence-corrected chi connectivity index (χ3v) is 15.7. The van der Waals surface area contributed by atoms with E-state index < -0.39 is 49.5 Å². The minimum absolute atomic E-state index is 0.183. The second-order valence-corrected chi connectivity index (χ2v) is 23.2.